The van der Waals surface area contributed by atoms with Crippen LogP contribution in [0.5, 0.6) is 17.2 Å². The fourth-order valence-electron chi connectivity index (χ4n) is 4.80. The van der Waals surface area contributed by atoms with E-state index in [0.717, 1.165) is 16.5 Å². The van der Waals surface area contributed by atoms with E-state index in [9.17, 15) is 9.90 Å². The number of carbonyl (C=O) groups is 1. The highest BCUT2D eigenvalue weighted by Gasteiger charge is 2.21. The number of anilines is 1. The van der Waals surface area contributed by atoms with E-state index in [4.69, 9.17) is 24.9 Å². The normalized spacial score (nSPS) is 11.9. The van der Waals surface area contributed by atoms with Crippen LogP contribution >= 0.6 is 0 Å². The molecule has 0 saturated carbocycles. The third-order valence-electron chi connectivity index (χ3n) is 6.73. The molecule has 0 fully saturated rings. The zero-order chi connectivity index (χ0) is 27.5. The largest absolute Gasteiger partial charge is 0.493 e. The molecule has 5 aromatic rings. The maximum absolute atomic E-state index is 13.7. The number of aliphatic hydroxyl groups is 1. The Hall–Kier alpha value is -4.76. The van der Waals surface area contributed by atoms with Gasteiger partial charge < -0.3 is 35.4 Å². The lowest BCUT2D eigenvalue weighted by Gasteiger charge is -2.18. The Bertz CT molecular complexity index is 1640. The van der Waals surface area contributed by atoms with Gasteiger partial charge in [0, 0.05) is 33.7 Å². The summed E-state index contributed by atoms with van der Waals surface area (Å²) in [5.74, 6) is 1.05. The molecule has 9 heteroatoms. The Morgan fingerprint density at radius 3 is 2.44 bits per heavy atom. The van der Waals surface area contributed by atoms with Crippen LogP contribution in [0, 0.1) is 0 Å². The Morgan fingerprint density at radius 1 is 1.00 bits per heavy atom. The lowest BCUT2D eigenvalue weighted by Crippen LogP contribution is -2.39. The van der Waals surface area contributed by atoms with Crippen molar-refractivity contribution in [1.82, 2.24) is 15.3 Å². The average Bonchev–Trinajstić information content (AvgIpc) is 3.37. The summed E-state index contributed by atoms with van der Waals surface area (Å²) in [7, 11) is 4.62. The second-order valence-electron chi connectivity index (χ2n) is 9.16. The maximum Gasteiger partial charge on any atom is 0.252 e. The van der Waals surface area contributed by atoms with Crippen molar-refractivity contribution in [2.75, 3.05) is 33.7 Å². The molecule has 0 saturated heterocycles. The van der Waals surface area contributed by atoms with E-state index in [1.165, 1.54) is 7.11 Å². The maximum atomic E-state index is 13.7. The number of benzene rings is 3. The highest BCUT2D eigenvalue weighted by atomic mass is 16.5. The Morgan fingerprint density at radius 2 is 1.74 bits per heavy atom. The lowest BCUT2D eigenvalue weighted by molar-refractivity contribution is 0.0918. The summed E-state index contributed by atoms with van der Waals surface area (Å²) in [6.45, 7) is -0.226. The van der Waals surface area contributed by atoms with Gasteiger partial charge in [0.1, 0.15) is 0 Å². The molecule has 2 aromatic heterocycles. The molecule has 200 valence electrons. The van der Waals surface area contributed by atoms with Crippen molar-refractivity contribution in [3.8, 4) is 28.5 Å². The van der Waals surface area contributed by atoms with Gasteiger partial charge in [0.05, 0.1) is 50.8 Å². The number of H-pyrrole nitrogens is 1. The number of para-hydroxylation sites is 1. The van der Waals surface area contributed by atoms with Crippen LogP contribution in [0.2, 0.25) is 0 Å². The quantitative estimate of drug-likeness (QED) is 0.210. The van der Waals surface area contributed by atoms with E-state index in [1.807, 2.05) is 30.5 Å². The number of carbonyl (C=O) groups excluding carboxylic acids is 1. The number of aromatic nitrogens is 2. The second kappa shape index (κ2) is 10.9. The van der Waals surface area contributed by atoms with Gasteiger partial charge in [-0.05, 0) is 54.4 Å². The first kappa shape index (κ1) is 25.9. The first-order chi connectivity index (χ1) is 18.9. The molecule has 0 spiro atoms. The van der Waals surface area contributed by atoms with Crippen LogP contribution in [-0.4, -0.2) is 55.0 Å². The summed E-state index contributed by atoms with van der Waals surface area (Å²) in [5.41, 5.74) is 10.8. The molecule has 0 aliphatic rings. The molecule has 1 unspecified atom stereocenters. The van der Waals surface area contributed by atoms with Gasteiger partial charge >= 0.3 is 0 Å². The van der Waals surface area contributed by atoms with E-state index in [1.54, 1.807) is 50.6 Å². The lowest BCUT2D eigenvalue weighted by atomic mass is 10.0. The number of aromatic amines is 1. The van der Waals surface area contributed by atoms with Crippen LogP contribution in [0.1, 0.15) is 15.9 Å². The van der Waals surface area contributed by atoms with Crippen molar-refractivity contribution in [1.29, 1.82) is 0 Å². The second-order valence-corrected chi connectivity index (χ2v) is 9.16. The number of methoxy groups -OCH3 is 3. The van der Waals surface area contributed by atoms with Crippen molar-refractivity contribution >= 4 is 33.4 Å². The number of nitrogens with zero attached hydrogens (tertiary/aromatic N) is 1. The van der Waals surface area contributed by atoms with Gasteiger partial charge in [-0.3, -0.25) is 4.79 Å². The monoisotopic (exact) mass is 526 g/mol. The minimum Gasteiger partial charge on any atom is -0.493 e. The van der Waals surface area contributed by atoms with Crippen LogP contribution in [0.4, 0.5) is 5.69 Å². The molecular weight excluding hydrogens is 496 g/mol. The summed E-state index contributed by atoms with van der Waals surface area (Å²) < 4.78 is 16.5. The molecule has 0 aliphatic carbocycles. The van der Waals surface area contributed by atoms with Crippen LogP contribution in [0.3, 0.4) is 0 Å². The molecule has 0 aliphatic heterocycles. The molecule has 5 N–H and O–H groups in total. The minimum absolute atomic E-state index is 0.226. The number of hydrogen-bond acceptors (Lipinski definition) is 7. The number of nitrogen functional groups attached to an aromatic ring is 1. The summed E-state index contributed by atoms with van der Waals surface area (Å²) in [6.07, 6.45) is 2.36. The summed E-state index contributed by atoms with van der Waals surface area (Å²) in [6, 6.07) is 17.9. The first-order valence-corrected chi connectivity index (χ1v) is 12.4. The molecule has 39 heavy (non-hydrogen) atoms. The van der Waals surface area contributed by atoms with Gasteiger partial charge in [0.15, 0.2) is 11.5 Å². The van der Waals surface area contributed by atoms with E-state index >= 15 is 0 Å². The number of nitrogens with one attached hydrogen (secondary N) is 2. The molecule has 3 aromatic carbocycles. The molecule has 1 amide bonds. The zero-order valence-corrected chi connectivity index (χ0v) is 21.9. The third kappa shape index (κ3) is 5.04. The van der Waals surface area contributed by atoms with Gasteiger partial charge in [-0.1, -0.05) is 18.2 Å². The minimum atomic E-state index is -0.509. The van der Waals surface area contributed by atoms with E-state index in [-0.39, 0.29) is 12.5 Å². The van der Waals surface area contributed by atoms with Crippen molar-refractivity contribution < 1.29 is 24.1 Å². The van der Waals surface area contributed by atoms with Crippen molar-refractivity contribution in [3.05, 3.63) is 78.0 Å². The number of fused-ring (bicyclic) bond motifs is 2. The van der Waals surface area contributed by atoms with Crippen molar-refractivity contribution in [3.63, 3.8) is 0 Å². The number of amides is 1. The number of rotatable bonds is 9. The van der Waals surface area contributed by atoms with Gasteiger partial charge in [0.2, 0.25) is 5.75 Å². The predicted octanol–water partition coefficient (Wildman–Crippen LogP) is 4.32. The van der Waals surface area contributed by atoms with Crippen LogP contribution in [0.15, 0.2) is 66.9 Å². The average molecular weight is 527 g/mol. The molecule has 0 bridgehead atoms. The van der Waals surface area contributed by atoms with Crippen LogP contribution < -0.4 is 25.3 Å². The van der Waals surface area contributed by atoms with Crippen LogP contribution in [-0.2, 0) is 6.42 Å². The highest BCUT2D eigenvalue weighted by molar-refractivity contribution is 6.08. The van der Waals surface area contributed by atoms with Gasteiger partial charge in [-0.15, -0.1) is 0 Å². The summed E-state index contributed by atoms with van der Waals surface area (Å²) >= 11 is 0. The predicted molar refractivity (Wildman–Crippen MR) is 152 cm³/mol. The Kier molecular flexibility index (Phi) is 7.25. The Balaban J connectivity index is 1.54. The van der Waals surface area contributed by atoms with Crippen LogP contribution in [0.25, 0.3) is 33.1 Å². The number of aliphatic hydroxyl groups excluding tert-OH is 1. The number of hydrogen-bond donors (Lipinski definition) is 4. The molecule has 2 heterocycles. The molecule has 1 atom stereocenters. The van der Waals surface area contributed by atoms with E-state index < -0.39 is 6.04 Å². The number of nitrogens with two attached hydrogens (primary N) is 1. The molecule has 5 rings (SSSR count). The van der Waals surface area contributed by atoms with Gasteiger partial charge in [0.25, 0.3) is 5.91 Å². The fourth-order valence-corrected chi connectivity index (χ4v) is 4.80. The zero-order valence-electron chi connectivity index (χ0n) is 21.9. The Labute approximate surface area is 225 Å². The smallest absolute Gasteiger partial charge is 0.252 e. The van der Waals surface area contributed by atoms with Crippen molar-refractivity contribution in [2.24, 2.45) is 0 Å². The topological polar surface area (TPSA) is 132 Å². The third-order valence-corrected chi connectivity index (χ3v) is 6.73. The molecule has 9 nitrogen and oxygen atoms in total. The summed E-state index contributed by atoms with van der Waals surface area (Å²) in [4.78, 5) is 21.7. The van der Waals surface area contributed by atoms with Gasteiger partial charge in [-0.2, -0.15) is 0 Å². The van der Waals surface area contributed by atoms with Gasteiger partial charge in [-0.25, -0.2) is 4.98 Å². The molecular formula is C30H30N4O5. The molecule has 0 radical (unpaired) electrons. The standard InChI is InChI=1S/C30H30N4O5/c1-37-27-11-17(12-28(38-2)29(27)39-3)26-14-23(22-13-19(31)8-9-25(22)34-26)30(36)33-20(16-35)10-18-15-32-24-7-5-4-6-21(18)24/h4-9,11-15,20,32,35H,10,16,31H2,1-3H3,(H,33,36). The fraction of sp³-hybridized carbons (Fsp3) is 0.200. The highest BCUT2D eigenvalue weighted by Crippen LogP contribution is 2.41. The number of ether oxygens (including phenoxy) is 3. The SMILES string of the molecule is COc1cc(-c2cc(C(=O)NC(CO)Cc3c[nH]c4ccccc34)c3cc(N)ccc3n2)cc(OC)c1OC. The van der Waals surface area contributed by atoms with Crippen molar-refractivity contribution in [2.45, 2.75) is 12.5 Å². The van der Waals surface area contributed by atoms with E-state index in [2.05, 4.69) is 10.3 Å². The summed E-state index contributed by atoms with van der Waals surface area (Å²) in [5, 5.41) is 14.8. The van der Waals surface area contributed by atoms with E-state index in [0.29, 0.717) is 57.1 Å². The first-order valence-electron chi connectivity index (χ1n) is 12.4. The number of pyridine rings is 1.